The fraction of sp³-hybridized carbons (Fsp3) is 0.667. The standard InChI is InChI=1S/C21H34N2O5S/c1-15-11-19(27-6)12-16(2)21(15)29(25,26)17(3)8-10-28-14-20(24)23(5)18-7-9-22(4)13-18/h11-12,17-18H,7-10,13-14H2,1-6H3. The summed E-state index contributed by atoms with van der Waals surface area (Å²) in [6, 6.07) is 3.69. The fourth-order valence-corrected chi connectivity index (χ4v) is 5.60. The van der Waals surface area contributed by atoms with Crippen LogP contribution < -0.4 is 4.74 Å². The Bertz CT molecular complexity index is 801. The van der Waals surface area contributed by atoms with Gasteiger partial charge >= 0.3 is 0 Å². The Morgan fingerprint density at radius 3 is 2.45 bits per heavy atom. The van der Waals surface area contributed by atoms with Crippen molar-refractivity contribution in [2.75, 3.05) is 47.5 Å². The number of carbonyl (C=O) groups is 1. The van der Waals surface area contributed by atoms with Gasteiger partial charge in [0.05, 0.1) is 17.3 Å². The van der Waals surface area contributed by atoms with E-state index in [4.69, 9.17) is 9.47 Å². The van der Waals surface area contributed by atoms with Crippen LogP contribution in [-0.2, 0) is 19.4 Å². The summed E-state index contributed by atoms with van der Waals surface area (Å²) in [4.78, 5) is 16.6. The molecule has 0 saturated carbocycles. The lowest BCUT2D eigenvalue weighted by atomic mass is 10.1. The summed E-state index contributed by atoms with van der Waals surface area (Å²) in [5.74, 6) is 0.577. The highest BCUT2D eigenvalue weighted by Gasteiger charge is 2.28. The number of methoxy groups -OCH3 is 1. The molecule has 0 aliphatic carbocycles. The summed E-state index contributed by atoms with van der Waals surface area (Å²) in [6.07, 6.45) is 1.30. The van der Waals surface area contributed by atoms with Crippen LogP contribution >= 0.6 is 0 Å². The maximum absolute atomic E-state index is 13.0. The van der Waals surface area contributed by atoms with Gasteiger partial charge in [-0.15, -0.1) is 0 Å². The van der Waals surface area contributed by atoms with Gasteiger partial charge in [0.1, 0.15) is 12.4 Å². The van der Waals surface area contributed by atoms with E-state index in [2.05, 4.69) is 4.90 Å². The Labute approximate surface area is 174 Å². The number of hydrogen-bond acceptors (Lipinski definition) is 6. The van der Waals surface area contributed by atoms with Gasteiger partial charge in [-0.25, -0.2) is 8.42 Å². The van der Waals surface area contributed by atoms with Crippen LogP contribution in [0.4, 0.5) is 0 Å². The Morgan fingerprint density at radius 1 is 1.31 bits per heavy atom. The van der Waals surface area contributed by atoms with E-state index < -0.39 is 15.1 Å². The van der Waals surface area contributed by atoms with Gasteiger partial charge in [0.25, 0.3) is 0 Å². The van der Waals surface area contributed by atoms with Crippen molar-refractivity contribution in [3.63, 3.8) is 0 Å². The van der Waals surface area contributed by atoms with Gasteiger partial charge in [0.2, 0.25) is 5.91 Å². The molecule has 1 aliphatic heterocycles. The quantitative estimate of drug-likeness (QED) is 0.563. The van der Waals surface area contributed by atoms with Crippen molar-refractivity contribution < 1.29 is 22.7 Å². The number of benzene rings is 1. The molecule has 1 aliphatic rings. The molecule has 0 N–H and O–H groups in total. The number of ether oxygens (including phenoxy) is 2. The molecule has 0 aromatic heterocycles. The van der Waals surface area contributed by atoms with E-state index >= 15 is 0 Å². The largest absolute Gasteiger partial charge is 0.497 e. The van der Waals surface area contributed by atoms with Crippen LogP contribution in [0.5, 0.6) is 5.75 Å². The molecule has 8 heteroatoms. The van der Waals surface area contributed by atoms with Gasteiger partial charge in [-0.1, -0.05) is 0 Å². The number of rotatable bonds is 9. The van der Waals surface area contributed by atoms with Crippen molar-refractivity contribution in [1.29, 1.82) is 0 Å². The van der Waals surface area contributed by atoms with Crippen LogP contribution in [0, 0.1) is 13.8 Å². The van der Waals surface area contributed by atoms with E-state index in [1.165, 1.54) is 0 Å². The molecule has 1 fully saturated rings. The molecule has 2 atom stereocenters. The van der Waals surface area contributed by atoms with Crippen molar-refractivity contribution in [3.8, 4) is 5.75 Å². The molecule has 2 rings (SSSR count). The summed E-state index contributed by atoms with van der Waals surface area (Å²) in [7, 11) is 1.91. The van der Waals surface area contributed by atoms with Gasteiger partial charge < -0.3 is 19.3 Å². The van der Waals surface area contributed by atoms with Crippen molar-refractivity contribution in [3.05, 3.63) is 23.3 Å². The van der Waals surface area contributed by atoms with Crippen LogP contribution in [0.25, 0.3) is 0 Å². The zero-order chi connectivity index (χ0) is 21.8. The molecule has 0 bridgehead atoms. The van der Waals surface area contributed by atoms with Gasteiger partial charge in [0, 0.05) is 26.2 Å². The molecule has 1 heterocycles. The van der Waals surface area contributed by atoms with E-state index in [1.807, 2.05) is 7.05 Å². The minimum atomic E-state index is -3.50. The lowest BCUT2D eigenvalue weighted by Crippen LogP contribution is -2.40. The van der Waals surface area contributed by atoms with Gasteiger partial charge in [-0.3, -0.25) is 4.79 Å². The van der Waals surface area contributed by atoms with E-state index in [0.717, 1.165) is 19.5 Å². The molecule has 164 valence electrons. The third-order valence-electron chi connectivity index (χ3n) is 5.69. The van der Waals surface area contributed by atoms with Crippen molar-refractivity contribution >= 4 is 15.7 Å². The fourth-order valence-electron chi connectivity index (χ4n) is 3.78. The van der Waals surface area contributed by atoms with E-state index in [0.29, 0.717) is 28.2 Å². The number of carbonyl (C=O) groups excluding carboxylic acids is 1. The van der Waals surface area contributed by atoms with Gasteiger partial charge in [0.15, 0.2) is 9.84 Å². The number of likely N-dealkylation sites (N-methyl/N-ethyl adjacent to an activating group) is 2. The maximum Gasteiger partial charge on any atom is 0.248 e. The molecule has 0 radical (unpaired) electrons. The number of nitrogens with zero attached hydrogens (tertiary/aromatic N) is 2. The van der Waals surface area contributed by atoms with Crippen molar-refractivity contribution in [2.24, 2.45) is 0 Å². The Kier molecular flexibility index (Phi) is 8.08. The summed E-state index contributed by atoms with van der Waals surface area (Å²) >= 11 is 0. The molecule has 0 spiro atoms. The highest BCUT2D eigenvalue weighted by molar-refractivity contribution is 7.92. The Balaban J connectivity index is 1.89. The first kappa shape index (κ1) is 23.6. The third kappa shape index (κ3) is 5.71. The lowest BCUT2D eigenvalue weighted by Gasteiger charge is -2.24. The monoisotopic (exact) mass is 426 g/mol. The molecule has 7 nitrogen and oxygen atoms in total. The summed E-state index contributed by atoms with van der Waals surface area (Å²) in [5.41, 5.74) is 1.35. The lowest BCUT2D eigenvalue weighted by molar-refractivity contribution is -0.136. The smallest absolute Gasteiger partial charge is 0.248 e. The molecular weight excluding hydrogens is 392 g/mol. The average molecular weight is 427 g/mol. The summed E-state index contributed by atoms with van der Waals surface area (Å²) in [5, 5.41) is -0.607. The number of sulfone groups is 1. The van der Waals surface area contributed by atoms with Crippen LogP contribution in [0.3, 0.4) is 0 Å². The van der Waals surface area contributed by atoms with Crippen molar-refractivity contribution in [2.45, 2.75) is 49.8 Å². The molecule has 1 saturated heterocycles. The zero-order valence-corrected chi connectivity index (χ0v) is 19.2. The molecule has 1 aromatic carbocycles. The number of likely N-dealkylation sites (tertiary alicyclic amines) is 1. The minimum absolute atomic E-state index is 0.0237. The van der Waals surface area contributed by atoms with E-state index in [9.17, 15) is 13.2 Å². The van der Waals surface area contributed by atoms with Gasteiger partial charge in [-0.05, 0) is 70.5 Å². The SMILES string of the molecule is COc1cc(C)c(S(=O)(=O)C(C)CCOCC(=O)N(C)C2CCN(C)C2)c(C)c1. The van der Waals surface area contributed by atoms with Crippen LogP contribution in [0.1, 0.15) is 30.9 Å². The molecule has 2 unspecified atom stereocenters. The zero-order valence-electron chi connectivity index (χ0n) is 18.4. The first-order valence-electron chi connectivity index (χ1n) is 9.99. The van der Waals surface area contributed by atoms with E-state index in [-0.39, 0.29) is 25.2 Å². The third-order valence-corrected chi connectivity index (χ3v) is 8.19. The highest BCUT2D eigenvalue weighted by Crippen LogP contribution is 2.29. The van der Waals surface area contributed by atoms with Crippen molar-refractivity contribution in [1.82, 2.24) is 9.80 Å². The first-order valence-corrected chi connectivity index (χ1v) is 11.5. The second-order valence-corrected chi connectivity index (χ2v) is 10.3. The van der Waals surface area contributed by atoms with Crippen LogP contribution in [-0.4, -0.2) is 82.9 Å². The number of hydrogen-bond donors (Lipinski definition) is 0. The Hall–Kier alpha value is -1.64. The van der Waals surface area contributed by atoms with Crippen LogP contribution in [0.15, 0.2) is 17.0 Å². The highest BCUT2D eigenvalue weighted by atomic mass is 32.2. The summed E-state index contributed by atoms with van der Waals surface area (Å²) in [6.45, 7) is 7.30. The normalized spacial score (nSPS) is 18.6. The maximum atomic E-state index is 13.0. The van der Waals surface area contributed by atoms with E-state index in [1.54, 1.807) is 52.0 Å². The van der Waals surface area contributed by atoms with Crippen LogP contribution in [0.2, 0.25) is 0 Å². The second-order valence-electron chi connectivity index (χ2n) is 8.00. The average Bonchev–Trinajstić information content (AvgIpc) is 3.09. The minimum Gasteiger partial charge on any atom is -0.497 e. The first-order chi connectivity index (χ1) is 13.6. The predicted octanol–water partition coefficient (Wildman–Crippen LogP) is 2.04. The molecular formula is C21H34N2O5S. The molecule has 29 heavy (non-hydrogen) atoms. The molecule has 1 amide bonds. The summed E-state index contributed by atoms with van der Waals surface area (Å²) < 4.78 is 36.8. The number of amides is 1. The number of aryl methyl sites for hydroxylation is 2. The van der Waals surface area contributed by atoms with Gasteiger partial charge in [-0.2, -0.15) is 0 Å². The molecule has 1 aromatic rings. The topological polar surface area (TPSA) is 76.2 Å². The Morgan fingerprint density at radius 2 is 1.93 bits per heavy atom. The predicted molar refractivity (Wildman–Crippen MR) is 113 cm³/mol. The second kappa shape index (κ2) is 9.91.